The lowest BCUT2D eigenvalue weighted by molar-refractivity contribution is 0.0483. The van der Waals surface area contributed by atoms with Crippen molar-refractivity contribution in [3.8, 4) is 17.4 Å². The van der Waals surface area contributed by atoms with E-state index in [-0.39, 0.29) is 29.6 Å². The summed E-state index contributed by atoms with van der Waals surface area (Å²) in [6.45, 7) is 1.93. The lowest BCUT2D eigenvalue weighted by atomic mass is 10.2. The molecule has 1 heterocycles. The maximum atomic E-state index is 11.9. The van der Waals surface area contributed by atoms with Gasteiger partial charge in [-0.3, -0.25) is 0 Å². The molecule has 0 saturated carbocycles. The zero-order valence-corrected chi connectivity index (χ0v) is 13.0. The zero-order chi connectivity index (χ0) is 16.8. The molecule has 2 rings (SSSR count). The van der Waals surface area contributed by atoms with E-state index in [0.717, 1.165) is 0 Å². The molecule has 0 saturated heterocycles. The first-order valence-electron chi connectivity index (χ1n) is 6.80. The first-order valence-corrected chi connectivity index (χ1v) is 6.80. The number of carbonyl (C=O) groups excluding carboxylic acids is 2. The Balaban J connectivity index is 2.30. The van der Waals surface area contributed by atoms with Crippen molar-refractivity contribution in [2.24, 2.45) is 0 Å². The second-order valence-electron chi connectivity index (χ2n) is 4.27. The summed E-state index contributed by atoms with van der Waals surface area (Å²) in [7, 11) is 2.68. The van der Waals surface area contributed by atoms with Crippen LogP contribution < -0.4 is 9.47 Å². The van der Waals surface area contributed by atoms with E-state index in [9.17, 15) is 9.59 Å². The van der Waals surface area contributed by atoms with E-state index < -0.39 is 11.9 Å². The normalized spacial score (nSPS) is 10.0. The molecule has 2 aromatic rings. The van der Waals surface area contributed by atoms with E-state index in [1.165, 1.54) is 26.4 Å². The molecule has 1 aromatic carbocycles. The molecule has 7 nitrogen and oxygen atoms in total. The molecule has 0 aliphatic heterocycles. The SMILES string of the molecule is CCOC(=O)c1ccc(Oc2cccc(OC)c2C(=O)OC)o1. The number of carbonyl (C=O) groups is 2. The molecule has 0 spiro atoms. The first-order chi connectivity index (χ1) is 11.1. The molecule has 1 aromatic heterocycles. The van der Waals surface area contributed by atoms with E-state index in [0.29, 0.717) is 5.75 Å². The summed E-state index contributed by atoms with van der Waals surface area (Å²) in [4.78, 5) is 23.5. The van der Waals surface area contributed by atoms with Crippen LogP contribution in [0.25, 0.3) is 0 Å². The van der Waals surface area contributed by atoms with Gasteiger partial charge in [0.05, 0.1) is 20.8 Å². The van der Waals surface area contributed by atoms with E-state index in [1.54, 1.807) is 25.1 Å². The Kier molecular flexibility index (Phi) is 5.24. The summed E-state index contributed by atoms with van der Waals surface area (Å²) >= 11 is 0. The van der Waals surface area contributed by atoms with Gasteiger partial charge in [-0.05, 0) is 25.1 Å². The van der Waals surface area contributed by atoms with Crippen molar-refractivity contribution in [1.29, 1.82) is 0 Å². The third-order valence-electron chi connectivity index (χ3n) is 2.87. The van der Waals surface area contributed by atoms with E-state index in [4.69, 9.17) is 23.4 Å². The van der Waals surface area contributed by atoms with Gasteiger partial charge in [-0.1, -0.05) is 6.07 Å². The number of esters is 2. The summed E-state index contributed by atoms with van der Waals surface area (Å²) in [6.07, 6.45) is 0. The lowest BCUT2D eigenvalue weighted by Crippen LogP contribution is -2.06. The third-order valence-corrected chi connectivity index (χ3v) is 2.87. The van der Waals surface area contributed by atoms with Crippen molar-refractivity contribution in [3.63, 3.8) is 0 Å². The zero-order valence-electron chi connectivity index (χ0n) is 13.0. The number of benzene rings is 1. The van der Waals surface area contributed by atoms with Crippen LogP contribution in [-0.2, 0) is 9.47 Å². The maximum Gasteiger partial charge on any atom is 0.374 e. The van der Waals surface area contributed by atoms with Crippen LogP contribution in [0.3, 0.4) is 0 Å². The fourth-order valence-corrected chi connectivity index (χ4v) is 1.86. The molecule has 0 atom stereocenters. The molecular weight excluding hydrogens is 304 g/mol. The maximum absolute atomic E-state index is 11.9. The summed E-state index contributed by atoms with van der Waals surface area (Å²) in [6, 6.07) is 7.68. The van der Waals surface area contributed by atoms with Crippen LogP contribution in [-0.4, -0.2) is 32.8 Å². The van der Waals surface area contributed by atoms with Crippen molar-refractivity contribution >= 4 is 11.9 Å². The van der Waals surface area contributed by atoms with Gasteiger partial charge in [0.15, 0.2) is 0 Å². The van der Waals surface area contributed by atoms with Crippen LogP contribution in [0.2, 0.25) is 0 Å². The average molecular weight is 320 g/mol. The number of rotatable bonds is 6. The van der Waals surface area contributed by atoms with Crippen LogP contribution in [0.1, 0.15) is 27.8 Å². The van der Waals surface area contributed by atoms with Crippen LogP contribution in [0.4, 0.5) is 0 Å². The highest BCUT2D eigenvalue weighted by atomic mass is 16.6. The minimum Gasteiger partial charge on any atom is -0.496 e. The smallest absolute Gasteiger partial charge is 0.374 e. The molecule has 0 bridgehead atoms. The van der Waals surface area contributed by atoms with Crippen molar-refractivity contribution < 1.29 is 33.0 Å². The van der Waals surface area contributed by atoms with Crippen LogP contribution in [0.5, 0.6) is 17.4 Å². The van der Waals surface area contributed by atoms with Crippen molar-refractivity contribution in [1.82, 2.24) is 0 Å². The van der Waals surface area contributed by atoms with E-state index in [1.807, 2.05) is 0 Å². The summed E-state index contributed by atoms with van der Waals surface area (Å²) in [5.74, 6) is -0.695. The molecule has 122 valence electrons. The number of furan rings is 1. The molecule has 0 N–H and O–H groups in total. The fourth-order valence-electron chi connectivity index (χ4n) is 1.86. The van der Waals surface area contributed by atoms with Gasteiger partial charge in [0.25, 0.3) is 5.95 Å². The van der Waals surface area contributed by atoms with Gasteiger partial charge in [-0.2, -0.15) is 0 Å². The summed E-state index contributed by atoms with van der Waals surface area (Å²) < 4.78 is 25.5. The second-order valence-corrected chi connectivity index (χ2v) is 4.27. The van der Waals surface area contributed by atoms with Crippen molar-refractivity contribution in [2.45, 2.75) is 6.92 Å². The first kappa shape index (κ1) is 16.4. The molecule has 0 unspecified atom stereocenters. The standard InChI is InChI=1S/C16H16O7/c1-4-21-15(17)12-8-9-13(23-12)22-11-7-5-6-10(19-2)14(11)16(18)20-3/h5-9H,4H2,1-3H3. The molecule has 0 amide bonds. The van der Waals surface area contributed by atoms with Gasteiger partial charge in [0, 0.05) is 6.07 Å². The molecule has 0 radical (unpaired) electrons. The monoisotopic (exact) mass is 320 g/mol. The minimum atomic E-state index is -0.616. The second kappa shape index (κ2) is 7.35. The number of hydrogen-bond acceptors (Lipinski definition) is 7. The quantitative estimate of drug-likeness (QED) is 0.756. The third kappa shape index (κ3) is 3.63. The van der Waals surface area contributed by atoms with Gasteiger partial charge in [-0.15, -0.1) is 0 Å². The number of methoxy groups -OCH3 is 2. The number of hydrogen-bond donors (Lipinski definition) is 0. The Morgan fingerprint density at radius 3 is 2.43 bits per heavy atom. The molecule has 23 heavy (non-hydrogen) atoms. The predicted molar refractivity (Wildman–Crippen MR) is 79.1 cm³/mol. The largest absolute Gasteiger partial charge is 0.496 e. The van der Waals surface area contributed by atoms with Gasteiger partial charge in [0.2, 0.25) is 5.76 Å². The van der Waals surface area contributed by atoms with Crippen LogP contribution in [0.15, 0.2) is 34.7 Å². The molecular formula is C16H16O7. The average Bonchev–Trinajstić information content (AvgIpc) is 3.02. The minimum absolute atomic E-state index is 0.00404. The lowest BCUT2D eigenvalue weighted by Gasteiger charge is -2.11. The van der Waals surface area contributed by atoms with Gasteiger partial charge in [-0.25, -0.2) is 9.59 Å². The Hall–Kier alpha value is -2.96. The van der Waals surface area contributed by atoms with Gasteiger partial charge < -0.3 is 23.4 Å². The van der Waals surface area contributed by atoms with Crippen molar-refractivity contribution in [2.75, 3.05) is 20.8 Å². The van der Waals surface area contributed by atoms with Gasteiger partial charge >= 0.3 is 11.9 Å². The highest BCUT2D eigenvalue weighted by Gasteiger charge is 2.21. The molecule has 0 aliphatic rings. The Morgan fingerprint density at radius 1 is 1.04 bits per heavy atom. The summed E-state index contributed by atoms with van der Waals surface area (Å²) in [5.41, 5.74) is 0.117. The molecule has 7 heteroatoms. The molecule has 0 aliphatic carbocycles. The Bertz CT molecular complexity index is 702. The fraction of sp³-hybridized carbons (Fsp3) is 0.250. The molecule has 0 fully saturated rings. The van der Waals surface area contributed by atoms with E-state index in [2.05, 4.69) is 0 Å². The van der Waals surface area contributed by atoms with Crippen molar-refractivity contribution in [3.05, 3.63) is 41.7 Å². The topological polar surface area (TPSA) is 84.2 Å². The van der Waals surface area contributed by atoms with E-state index >= 15 is 0 Å². The highest BCUT2D eigenvalue weighted by Crippen LogP contribution is 2.33. The van der Waals surface area contributed by atoms with Crippen LogP contribution in [0, 0.1) is 0 Å². The summed E-state index contributed by atoms with van der Waals surface area (Å²) in [5, 5.41) is 0. The Morgan fingerprint density at radius 2 is 1.78 bits per heavy atom. The van der Waals surface area contributed by atoms with Crippen LogP contribution >= 0.6 is 0 Å². The number of ether oxygens (including phenoxy) is 4. The predicted octanol–water partition coefficient (Wildman–Crippen LogP) is 3.04. The van der Waals surface area contributed by atoms with Gasteiger partial charge in [0.1, 0.15) is 17.1 Å². The highest BCUT2D eigenvalue weighted by molar-refractivity contribution is 5.95. The Labute approximate surface area is 132 Å².